The molecule has 2 unspecified atom stereocenters. The van der Waals surface area contributed by atoms with Gasteiger partial charge in [-0.2, -0.15) is 15.2 Å². The standard InChI is InChI=1S/C19H27N7O3/c1-24-6-2-3-13(24)12-29-18-22-16-10-21-5-4-15(16)17(23-18)26-8-7-25(19(27)28)11-14(26)9-20/h13-14,21H,2-8,10-12H2,1H3,(H,27,28). The number of rotatable bonds is 4. The normalized spacial score (nSPS) is 24.8. The number of anilines is 1. The Morgan fingerprint density at radius 2 is 2.24 bits per heavy atom. The third-order valence-electron chi connectivity index (χ3n) is 6.04. The predicted octanol–water partition coefficient (Wildman–Crippen LogP) is 0.287. The lowest BCUT2D eigenvalue weighted by Crippen LogP contribution is -2.54. The molecule has 4 heterocycles. The second-order valence-corrected chi connectivity index (χ2v) is 7.84. The summed E-state index contributed by atoms with van der Waals surface area (Å²) in [6.45, 7) is 3.98. The van der Waals surface area contributed by atoms with Gasteiger partial charge >= 0.3 is 12.1 Å². The van der Waals surface area contributed by atoms with Crippen molar-refractivity contribution in [3.8, 4) is 12.1 Å². The van der Waals surface area contributed by atoms with Crippen LogP contribution in [0.1, 0.15) is 24.1 Å². The van der Waals surface area contributed by atoms with Gasteiger partial charge in [0.25, 0.3) is 0 Å². The number of hydrogen-bond donors (Lipinski definition) is 2. The number of carbonyl (C=O) groups is 1. The first-order chi connectivity index (χ1) is 14.1. The number of piperazine rings is 1. The van der Waals surface area contributed by atoms with Crippen LogP contribution in [-0.2, 0) is 13.0 Å². The summed E-state index contributed by atoms with van der Waals surface area (Å²) >= 11 is 0. The van der Waals surface area contributed by atoms with Gasteiger partial charge in [0.2, 0.25) is 0 Å². The van der Waals surface area contributed by atoms with E-state index in [-0.39, 0.29) is 6.54 Å². The van der Waals surface area contributed by atoms with E-state index in [1.54, 1.807) is 0 Å². The third-order valence-corrected chi connectivity index (χ3v) is 6.04. The first kappa shape index (κ1) is 19.7. The van der Waals surface area contributed by atoms with E-state index in [2.05, 4.69) is 28.3 Å². The van der Waals surface area contributed by atoms with Crippen molar-refractivity contribution in [1.29, 1.82) is 5.26 Å². The first-order valence-electron chi connectivity index (χ1n) is 10.1. The number of amides is 1. The SMILES string of the molecule is CN1CCCC1COc1nc2c(c(N3CCN(C(=O)O)CC3C#N)n1)CCNC2. The van der Waals surface area contributed by atoms with Crippen molar-refractivity contribution in [2.75, 3.05) is 51.3 Å². The van der Waals surface area contributed by atoms with Crippen molar-refractivity contribution in [3.05, 3.63) is 11.3 Å². The van der Waals surface area contributed by atoms with E-state index in [4.69, 9.17) is 9.72 Å². The van der Waals surface area contributed by atoms with E-state index in [0.29, 0.717) is 44.1 Å². The molecule has 10 heteroatoms. The van der Waals surface area contributed by atoms with E-state index in [9.17, 15) is 15.2 Å². The third kappa shape index (κ3) is 4.06. The van der Waals surface area contributed by atoms with E-state index < -0.39 is 12.1 Å². The first-order valence-corrected chi connectivity index (χ1v) is 10.1. The van der Waals surface area contributed by atoms with Crippen LogP contribution in [-0.4, -0.2) is 89.4 Å². The van der Waals surface area contributed by atoms with Crippen LogP contribution in [0, 0.1) is 11.3 Å². The average Bonchev–Trinajstić information content (AvgIpc) is 3.15. The number of carboxylic acid groups (broad SMARTS) is 1. The molecule has 0 aromatic carbocycles. The summed E-state index contributed by atoms with van der Waals surface area (Å²) in [6, 6.07) is 2.36. The molecule has 3 aliphatic rings. The monoisotopic (exact) mass is 401 g/mol. The molecule has 2 saturated heterocycles. The number of aromatic nitrogens is 2. The maximum Gasteiger partial charge on any atom is 0.407 e. The fraction of sp³-hybridized carbons (Fsp3) is 0.684. The zero-order valence-electron chi connectivity index (χ0n) is 16.7. The number of likely N-dealkylation sites (tertiary alicyclic amines) is 1. The molecule has 10 nitrogen and oxygen atoms in total. The Morgan fingerprint density at radius 1 is 1.38 bits per heavy atom. The van der Waals surface area contributed by atoms with Crippen molar-refractivity contribution in [2.45, 2.75) is 37.9 Å². The molecule has 0 radical (unpaired) electrons. The molecule has 2 N–H and O–H groups in total. The maximum atomic E-state index is 11.3. The Kier molecular flexibility index (Phi) is 5.69. The molecule has 0 bridgehead atoms. The van der Waals surface area contributed by atoms with Crippen molar-refractivity contribution < 1.29 is 14.6 Å². The summed E-state index contributed by atoms with van der Waals surface area (Å²) in [5, 5.41) is 22.3. The highest BCUT2D eigenvalue weighted by Gasteiger charge is 2.33. The Morgan fingerprint density at radius 3 is 2.97 bits per heavy atom. The Bertz CT molecular complexity index is 812. The van der Waals surface area contributed by atoms with Gasteiger partial charge in [0.05, 0.1) is 18.3 Å². The molecule has 2 fully saturated rings. The number of nitrogens with zero attached hydrogens (tertiary/aromatic N) is 6. The van der Waals surface area contributed by atoms with Crippen LogP contribution in [0.3, 0.4) is 0 Å². The van der Waals surface area contributed by atoms with Crippen LogP contribution in [0.25, 0.3) is 0 Å². The summed E-state index contributed by atoms with van der Waals surface area (Å²) in [6.07, 6.45) is 2.04. The van der Waals surface area contributed by atoms with Crippen molar-refractivity contribution in [1.82, 2.24) is 25.1 Å². The van der Waals surface area contributed by atoms with Crippen molar-refractivity contribution >= 4 is 11.9 Å². The average molecular weight is 401 g/mol. The van der Waals surface area contributed by atoms with E-state index >= 15 is 0 Å². The van der Waals surface area contributed by atoms with Gasteiger partial charge in [0, 0.05) is 31.2 Å². The number of likely N-dealkylation sites (N-methyl/N-ethyl adjacent to an activating group) is 1. The highest BCUT2D eigenvalue weighted by molar-refractivity contribution is 5.66. The molecule has 156 valence electrons. The van der Waals surface area contributed by atoms with Crippen LogP contribution in [0.4, 0.5) is 10.6 Å². The van der Waals surface area contributed by atoms with E-state index in [1.165, 1.54) is 11.3 Å². The zero-order valence-corrected chi connectivity index (χ0v) is 16.7. The minimum atomic E-state index is -0.997. The van der Waals surface area contributed by atoms with Crippen molar-refractivity contribution in [2.24, 2.45) is 0 Å². The van der Waals surface area contributed by atoms with Gasteiger partial charge in [-0.25, -0.2) is 4.79 Å². The topological polar surface area (TPSA) is 118 Å². The summed E-state index contributed by atoms with van der Waals surface area (Å²) < 4.78 is 5.98. The molecular weight excluding hydrogens is 374 g/mol. The number of fused-ring (bicyclic) bond motifs is 1. The quantitative estimate of drug-likeness (QED) is 0.734. The highest BCUT2D eigenvalue weighted by atomic mass is 16.5. The van der Waals surface area contributed by atoms with Gasteiger partial charge in [-0.15, -0.1) is 0 Å². The second kappa shape index (κ2) is 8.39. The van der Waals surface area contributed by atoms with Gasteiger partial charge in [0.1, 0.15) is 18.5 Å². The minimum Gasteiger partial charge on any atom is -0.465 e. The van der Waals surface area contributed by atoms with Crippen LogP contribution in [0.15, 0.2) is 0 Å². The van der Waals surface area contributed by atoms with Crippen LogP contribution >= 0.6 is 0 Å². The molecule has 3 aliphatic heterocycles. The van der Waals surface area contributed by atoms with Gasteiger partial charge < -0.3 is 29.9 Å². The summed E-state index contributed by atoms with van der Waals surface area (Å²) in [7, 11) is 2.10. The van der Waals surface area contributed by atoms with E-state index in [1.807, 2.05) is 4.90 Å². The molecule has 0 spiro atoms. The fourth-order valence-electron chi connectivity index (χ4n) is 4.30. The maximum absolute atomic E-state index is 11.3. The van der Waals surface area contributed by atoms with Gasteiger partial charge in [-0.05, 0) is 39.4 Å². The molecule has 1 amide bonds. The molecule has 1 aromatic rings. The second-order valence-electron chi connectivity index (χ2n) is 7.84. The van der Waals surface area contributed by atoms with Gasteiger partial charge in [-0.1, -0.05) is 0 Å². The number of nitrogens with one attached hydrogen (secondary N) is 1. The summed E-state index contributed by atoms with van der Waals surface area (Å²) in [5.41, 5.74) is 1.92. The molecule has 2 atom stereocenters. The lowest BCUT2D eigenvalue weighted by atomic mass is 10.0. The Balaban J connectivity index is 1.59. The molecule has 0 aliphatic carbocycles. The van der Waals surface area contributed by atoms with Gasteiger partial charge in [0.15, 0.2) is 0 Å². The molecule has 0 saturated carbocycles. The molecule has 4 rings (SSSR count). The van der Waals surface area contributed by atoms with Crippen molar-refractivity contribution in [3.63, 3.8) is 0 Å². The van der Waals surface area contributed by atoms with E-state index in [0.717, 1.165) is 37.2 Å². The fourth-order valence-corrected chi connectivity index (χ4v) is 4.30. The molecule has 29 heavy (non-hydrogen) atoms. The Hall–Kier alpha value is -2.64. The number of ether oxygens (including phenoxy) is 1. The summed E-state index contributed by atoms with van der Waals surface area (Å²) in [5.74, 6) is 0.711. The predicted molar refractivity (Wildman–Crippen MR) is 105 cm³/mol. The smallest absolute Gasteiger partial charge is 0.407 e. The van der Waals surface area contributed by atoms with Crippen LogP contribution < -0.4 is 15.0 Å². The highest BCUT2D eigenvalue weighted by Crippen LogP contribution is 2.29. The Labute approximate surface area is 170 Å². The summed E-state index contributed by atoms with van der Waals surface area (Å²) in [4.78, 5) is 26.1. The lowest BCUT2D eigenvalue weighted by molar-refractivity contribution is 0.138. The van der Waals surface area contributed by atoms with Gasteiger partial charge in [-0.3, -0.25) is 0 Å². The zero-order chi connectivity index (χ0) is 20.4. The largest absolute Gasteiger partial charge is 0.465 e. The van der Waals surface area contributed by atoms with Crippen LogP contribution in [0.5, 0.6) is 6.01 Å². The number of nitriles is 1. The molecular formula is C19H27N7O3. The number of hydrogen-bond acceptors (Lipinski definition) is 8. The minimum absolute atomic E-state index is 0.145. The lowest BCUT2D eigenvalue weighted by Gasteiger charge is -2.39. The molecule has 1 aromatic heterocycles. The van der Waals surface area contributed by atoms with Crippen LogP contribution in [0.2, 0.25) is 0 Å².